The van der Waals surface area contributed by atoms with E-state index in [1.165, 1.54) is 18.7 Å². The Morgan fingerprint density at radius 3 is 2.33 bits per heavy atom. The van der Waals surface area contributed by atoms with Crippen LogP contribution in [0.2, 0.25) is 0 Å². The standard InChI is InChI=1S/C17H20BrNO7S/c1-10(20)13(6-7-15(21)22)19-17(25)26-14(16(23)24)9-27-8-11-2-4-12(18)5-3-11/h2-5,13-14H,6-9H2,1H3,(H,19,25)(H,21,22)(H,23,24)/t13-,14-/m0/s1/i18-3. The third kappa shape index (κ3) is 9.43. The van der Waals surface area contributed by atoms with Crippen LogP contribution in [-0.4, -0.2) is 51.9 Å². The van der Waals surface area contributed by atoms with Crippen LogP contribution in [0.1, 0.15) is 25.3 Å². The largest absolute Gasteiger partial charge is 0.481 e. The SMILES string of the molecule is CC(=O)[C@H](CCC(=O)O)NC(=O)O[C@@H](CSCc1ccc([77Br])cc1)C(=O)O. The molecule has 10 heteroatoms. The van der Waals surface area contributed by atoms with Crippen molar-refractivity contribution in [1.82, 2.24) is 5.32 Å². The van der Waals surface area contributed by atoms with Crippen LogP contribution in [0.5, 0.6) is 0 Å². The molecule has 1 rings (SSSR count). The Morgan fingerprint density at radius 1 is 1.19 bits per heavy atom. The first-order valence-electron chi connectivity index (χ1n) is 7.93. The number of nitrogens with one attached hydrogen (secondary N) is 1. The van der Waals surface area contributed by atoms with E-state index in [2.05, 4.69) is 21.2 Å². The molecule has 0 saturated heterocycles. The van der Waals surface area contributed by atoms with Crippen LogP contribution < -0.4 is 5.32 Å². The van der Waals surface area contributed by atoms with E-state index < -0.39 is 36.0 Å². The maximum Gasteiger partial charge on any atom is 0.408 e. The molecule has 148 valence electrons. The summed E-state index contributed by atoms with van der Waals surface area (Å²) in [4.78, 5) is 45.2. The molecule has 0 spiro atoms. The van der Waals surface area contributed by atoms with Crippen molar-refractivity contribution in [1.29, 1.82) is 0 Å². The van der Waals surface area contributed by atoms with E-state index in [0.717, 1.165) is 10.0 Å². The lowest BCUT2D eigenvalue weighted by molar-refractivity contribution is -0.145. The van der Waals surface area contributed by atoms with Gasteiger partial charge in [-0.25, -0.2) is 9.59 Å². The molecule has 27 heavy (non-hydrogen) atoms. The smallest absolute Gasteiger partial charge is 0.408 e. The Kier molecular flexibility index (Phi) is 9.87. The van der Waals surface area contributed by atoms with Crippen LogP contribution in [0.3, 0.4) is 0 Å². The van der Waals surface area contributed by atoms with Gasteiger partial charge in [-0.15, -0.1) is 0 Å². The van der Waals surface area contributed by atoms with Crippen molar-refractivity contribution in [2.75, 3.05) is 5.75 Å². The van der Waals surface area contributed by atoms with Crippen molar-refractivity contribution in [3.05, 3.63) is 34.3 Å². The Balaban J connectivity index is 2.52. The van der Waals surface area contributed by atoms with E-state index in [0.29, 0.717) is 5.75 Å². The molecule has 1 amide bonds. The van der Waals surface area contributed by atoms with Crippen LogP contribution in [0.4, 0.5) is 4.79 Å². The fourth-order valence-corrected chi connectivity index (χ4v) is 3.21. The summed E-state index contributed by atoms with van der Waals surface area (Å²) in [5.41, 5.74) is 0.988. The van der Waals surface area contributed by atoms with Gasteiger partial charge in [0.05, 0.1) is 6.04 Å². The zero-order valence-electron chi connectivity index (χ0n) is 14.5. The number of rotatable bonds is 11. The molecule has 0 bridgehead atoms. The number of amides is 1. The highest BCUT2D eigenvalue weighted by Crippen LogP contribution is 2.17. The second-order valence-electron chi connectivity index (χ2n) is 5.61. The zero-order valence-corrected chi connectivity index (χ0v) is 16.9. The van der Waals surface area contributed by atoms with Crippen molar-refractivity contribution in [2.45, 2.75) is 37.7 Å². The molecule has 1 aromatic rings. The van der Waals surface area contributed by atoms with Crippen LogP contribution in [-0.2, 0) is 24.9 Å². The molecule has 0 unspecified atom stereocenters. The maximum absolute atomic E-state index is 11.9. The number of ketones is 1. The number of alkyl carbamates (subject to hydrolysis) is 1. The highest BCUT2D eigenvalue weighted by Gasteiger charge is 2.25. The molecule has 3 N–H and O–H groups in total. The fraction of sp³-hybridized carbons (Fsp3) is 0.412. The van der Waals surface area contributed by atoms with Crippen LogP contribution in [0.15, 0.2) is 28.7 Å². The third-order valence-corrected chi connectivity index (χ3v) is 5.01. The molecule has 0 fully saturated rings. The highest BCUT2D eigenvalue weighted by atomic mass is 76.9. The number of ether oxygens (including phenoxy) is 1. The first kappa shape index (κ1) is 23.0. The molecule has 0 heterocycles. The zero-order chi connectivity index (χ0) is 20.4. The van der Waals surface area contributed by atoms with Crippen molar-refractivity contribution in [3.63, 3.8) is 0 Å². The van der Waals surface area contributed by atoms with E-state index in [-0.39, 0.29) is 18.6 Å². The summed E-state index contributed by atoms with van der Waals surface area (Å²) < 4.78 is 5.81. The predicted molar refractivity (Wildman–Crippen MR) is 103 cm³/mol. The summed E-state index contributed by atoms with van der Waals surface area (Å²) in [7, 11) is 0. The lowest BCUT2D eigenvalue weighted by atomic mass is 10.1. The highest BCUT2D eigenvalue weighted by molar-refractivity contribution is 9.10. The Labute approximate surface area is 168 Å². The number of carboxylic acid groups (broad SMARTS) is 2. The van der Waals surface area contributed by atoms with Crippen LogP contribution >= 0.6 is 27.7 Å². The second-order valence-corrected chi connectivity index (χ2v) is 7.56. The molecule has 8 nitrogen and oxygen atoms in total. The van der Waals surface area contributed by atoms with E-state index in [1.54, 1.807) is 0 Å². The fourth-order valence-electron chi connectivity index (χ4n) is 1.97. The molecule has 1 aromatic carbocycles. The maximum atomic E-state index is 11.9. The molecular formula is C17H20BrNO7S. The lowest BCUT2D eigenvalue weighted by Crippen LogP contribution is -2.43. The molecule has 0 aliphatic heterocycles. The van der Waals surface area contributed by atoms with Gasteiger partial charge in [0.2, 0.25) is 6.10 Å². The average Bonchev–Trinajstić information content (AvgIpc) is 2.58. The summed E-state index contributed by atoms with van der Waals surface area (Å²) in [5.74, 6) is -2.29. The van der Waals surface area contributed by atoms with Gasteiger partial charge in [-0.05, 0) is 31.0 Å². The number of halogens is 1. The normalized spacial score (nSPS) is 12.7. The number of Topliss-reactive ketones (excluding diaryl/α,β-unsaturated/α-hetero) is 1. The third-order valence-electron chi connectivity index (χ3n) is 3.41. The quantitative estimate of drug-likeness (QED) is 0.461. The van der Waals surface area contributed by atoms with Crippen molar-refractivity contribution in [3.8, 4) is 0 Å². The number of hydrogen-bond donors (Lipinski definition) is 3. The lowest BCUT2D eigenvalue weighted by Gasteiger charge is -2.18. The predicted octanol–water partition coefficient (Wildman–Crippen LogP) is 2.68. The molecule has 0 radical (unpaired) electrons. The average molecular weight is 459 g/mol. The molecule has 0 aliphatic rings. The summed E-state index contributed by atoms with van der Waals surface area (Å²) in [5, 5.41) is 20.1. The number of aliphatic carboxylic acids is 2. The number of thioether (sulfide) groups is 1. The van der Waals surface area contributed by atoms with Gasteiger partial charge in [-0.3, -0.25) is 9.59 Å². The number of hydrogen-bond acceptors (Lipinski definition) is 6. The van der Waals surface area contributed by atoms with Crippen LogP contribution in [0, 0.1) is 0 Å². The van der Waals surface area contributed by atoms with Gasteiger partial charge < -0.3 is 20.3 Å². The van der Waals surface area contributed by atoms with Gasteiger partial charge >= 0.3 is 18.0 Å². The Bertz CT molecular complexity index is 680. The monoisotopic (exact) mass is 459 g/mol. The first-order valence-corrected chi connectivity index (χ1v) is 9.88. The molecule has 0 aromatic heterocycles. The number of benzene rings is 1. The van der Waals surface area contributed by atoms with Gasteiger partial charge in [0.1, 0.15) is 0 Å². The van der Waals surface area contributed by atoms with Crippen molar-refractivity contribution >= 4 is 51.5 Å². The van der Waals surface area contributed by atoms with Gasteiger partial charge in [0.25, 0.3) is 0 Å². The first-order chi connectivity index (χ1) is 12.7. The Morgan fingerprint density at radius 2 is 1.81 bits per heavy atom. The molecule has 2 atom stereocenters. The van der Waals surface area contributed by atoms with E-state index in [9.17, 15) is 24.3 Å². The Hall–Kier alpha value is -2.07. The second kappa shape index (κ2) is 11.6. The molecular weight excluding hydrogens is 439 g/mol. The number of carbonyl (C=O) groups is 4. The van der Waals surface area contributed by atoms with E-state index in [1.807, 2.05) is 24.3 Å². The summed E-state index contributed by atoms with van der Waals surface area (Å²) in [6, 6.07) is 6.47. The number of carbonyl (C=O) groups excluding carboxylic acids is 2. The van der Waals surface area contributed by atoms with E-state index in [4.69, 9.17) is 9.84 Å². The van der Waals surface area contributed by atoms with Gasteiger partial charge in [0, 0.05) is 22.4 Å². The molecule has 0 saturated carbocycles. The van der Waals surface area contributed by atoms with Gasteiger partial charge in [0.15, 0.2) is 5.78 Å². The summed E-state index contributed by atoms with van der Waals surface area (Å²) in [6.45, 7) is 1.20. The van der Waals surface area contributed by atoms with E-state index >= 15 is 0 Å². The minimum Gasteiger partial charge on any atom is -0.481 e. The molecule has 0 aliphatic carbocycles. The summed E-state index contributed by atoms with van der Waals surface area (Å²) >= 11 is 4.61. The van der Waals surface area contributed by atoms with Crippen LogP contribution in [0.25, 0.3) is 0 Å². The summed E-state index contributed by atoms with van der Waals surface area (Å²) in [6.07, 6.45) is -2.87. The topological polar surface area (TPSA) is 130 Å². The minimum absolute atomic E-state index is 0.0265. The van der Waals surface area contributed by atoms with Gasteiger partial charge in [-0.1, -0.05) is 28.1 Å². The number of carboxylic acids is 2. The van der Waals surface area contributed by atoms with Gasteiger partial charge in [-0.2, -0.15) is 11.8 Å². The van der Waals surface area contributed by atoms with Crippen molar-refractivity contribution in [2.24, 2.45) is 0 Å². The minimum atomic E-state index is -1.39. The van der Waals surface area contributed by atoms with Crippen molar-refractivity contribution < 1.29 is 34.1 Å².